The number of fused-ring (bicyclic) bond motifs is 1. The van der Waals surface area contributed by atoms with E-state index in [4.69, 9.17) is 5.73 Å². The average molecular weight is 225 g/mol. The molecule has 1 fully saturated rings. The molecule has 0 bridgehead atoms. The molecule has 2 atom stereocenters. The fourth-order valence-corrected chi connectivity index (χ4v) is 3.15. The third-order valence-corrected chi connectivity index (χ3v) is 4.71. The first-order chi connectivity index (χ1) is 8.03. The summed E-state index contributed by atoms with van der Waals surface area (Å²) in [5.41, 5.74) is 9.05. The lowest BCUT2D eigenvalue weighted by atomic mass is 9.97. The molecule has 0 aliphatic heterocycles. The molecule has 1 heteroatoms. The summed E-state index contributed by atoms with van der Waals surface area (Å²) < 4.78 is 0. The highest BCUT2D eigenvalue weighted by Crippen LogP contribution is 2.65. The lowest BCUT2D eigenvalue weighted by Gasteiger charge is -2.10. The summed E-state index contributed by atoms with van der Waals surface area (Å²) in [6, 6.07) is 12.8. The minimum atomic E-state index is 0.399. The highest BCUT2D eigenvalue weighted by Gasteiger charge is 2.55. The average Bonchev–Trinajstić information content (AvgIpc) is 2.80. The summed E-state index contributed by atoms with van der Waals surface area (Å²) in [4.78, 5) is 0. The van der Waals surface area contributed by atoms with Gasteiger partial charge in [-0.25, -0.2) is 0 Å². The molecule has 2 aromatic rings. The van der Waals surface area contributed by atoms with Crippen LogP contribution in [0.1, 0.15) is 32.3 Å². The van der Waals surface area contributed by atoms with E-state index in [9.17, 15) is 0 Å². The minimum Gasteiger partial charge on any atom is -0.398 e. The third-order valence-electron chi connectivity index (χ3n) is 4.71. The van der Waals surface area contributed by atoms with Gasteiger partial charge in [-0.15, -0.1) is 0 Å². The molecule has 0 radical (unpaired) electrons. The van der Waals surface area contributed by atoms with Crippen LogP contribution in [0.25, 0.3) is 10.8 Å². The Morgan fingerprint density at radius 2 is 1.71 bits per heavy atom. The van der Waals surface area contributed by atoms with E-state index in [1.54, 1.807) is 0 Å². The van der Waals surface area contributed by atoms with Gasteiger partial charge in [-0.3, -0.25) is 0 Å². The Kier molecular flexibility index (Phi) is 2.04. The number of nitrogen functional groups attached to an aromatic ring is 1. The maximum Gasteiger partial charge on any atom is 0.0429 e. The van der Waals surface area contributed by atoms with Crippen LogP contribution < -0.4 is 5.73 Å². The third kappa shape index (κ3) is 1.38. The Labute approximate surface area is 103 Å². The Morgan fingerprint density at radius 3 is 2.35 bits per heavy atom. The summed E-state index contributed by atoms with van der Waals surface area (Å²) >= 11 is 0. The maximum absolute atomic E-state index is 6.34. The first kappa shape index (κ1) is 10.6. The van der Waals surface area contributed by atoms with Crippen LogP contribution in [0.15, 0.2) is 36.4 Å². The standard InChI is InChI=1S/C16H19N/c1-10-14(16(10,2)3)13-9-8-11-6-4-5-7-12(11)15(13)17/h4-10,14H,17H2,1-3H3. The quantitative estimate of drug-likeness (QED) is 0.724. The second kappa shape index (κ2) is 3.25. The highest BCUT2D eigenvalue weighted by molar-refractivity contribution is 5.94. The van der Waals surface area contributed by atoms with Crippen molar-refractivity contribution in [2.45, 2.75) is 26.7 Å². The Hall–Kier alpha value is -1.50. The van der Waals surface area contributed by atoms with E-state index in [0.29, 0.717) is 11.3 Å². The van der Waals surface area contributed by atoms with E-state index in [1.807, 2.05) is 0 Å². The van der Waals surface area contributed by atoms with Gasteiger partial charge in [-0.1, -0.05) is 57.2 Å². The van der Waals surface area contributed by atoms with E-state index in [0.717, 1.165) is 11.6 Å². The zero-order valence-electron chi connectivity index (χ0n) is 10.7. The topological polar surface area (TPSA) is 26.0 Å². The van der Waals surface area contributed by atoms with E-state index >= 15 is 0 Å². The molecule has 0 amide bonds. The zero-order chi connectivity index (χ0) is 12.2. The highest BCUT2D eigenvalue weighted by atomic mass is 14.6. The summed E-state index contributed by atoms with van der Waals surface area (Å²) in [6.45, 7) is 6.98. The van der Waals surface area contributed by atoms with Gasteiger partial charge in [0.2, 0.25) is 0 Å². The van der Waals surface area contributed by atoms with Crippen molar-refractivity contribution in [1.82, 2.24) is 0 Å². The molecule has 0 heterocycles. The predicted octanol–water partition coefficient (Wildman–Crippen LogP) is 4.18. The van der Waals surface area contributed by atoms with Gasteiger partial charge in [-0.2, -0.15) is 0 Å². The normalized spacial score (nSPS) is 26.1. The molecule has 2 unspecified atom stereocenters. The maximum atomic E-state index is 6.34. The van der Waals surface area contributed by atoms with Gasteiger partial charge < -0.3 is 5.73 Å². The van der Waals surface area contributed by atoms with Crippen LogP contribution >= 0.6 is 0 Å². The molecule has 17 heavy (non-hydrogen) atoms. The fraction of sp³-hybridized carbons (Fsp3) is 0.375. The second-order valence-electron chi connectivity index (χ2n) is 5.88. The number of benzene rings is 2. The molecule has 0 saturated heterocycles. The Balaban J connectivity index is 2.17. The number of anilines is 1. The van der Waals surface area contributed by atoms with Crippen LogP contribution in [-0.2, 0) is 0 Å². The van der Waals surface area contributed by atoms with Crippen molar-refractivity contribution in [3.05, 3.63) is 42.0 Å². The lowest BCUT2D eigenvalue weighted by Crippen LogP contribution is -1.97. The van der Waals surface area contributed by atoms with E-state index in [1.165, 1.54) is 16.3 Å². The van der Waals surface area contributed by atoms with E-state index in [-0.39, 0.29) is 0 Å². The fourth-order valence-electron chi connectivity index (χ4n) is 3.15. The first-order valence-electron chi connectivity index (χ1n) is 6.30. The number of nitrogens with two attached hydrogens (primary N) is 1. The summed E-state index contributed by atoms with van der Waals surface area (Å²) in [5.74, 6) is 1.35. The van der Waals surface area contributed by atoms with Crippen LogP contribution in [-0.4, -0.2) is 0 Å². The van der Waals surface area contributed by atoms with E-state index in [2.05, 4.69) is 57.2 Å². The Bertz CT molecular complexity index is 583. The van der Waals surface area contributed by atoms with Crippen LogP contribution in [0.2, 0.25) is 0 Å². The monoisotopic (exact) mass is 225 g/mol. The molecule has 1 saturated carbocycles. The van der Waals surface area contributed by atoms with Gasteiger partial charge in [0.05, 0.1) is 0 Å². The molecule has 88 valence electrons. The predicted molar refractivity (Wildman–Crippen MR) is 74.0 cm³/mol. The molecule has 1 nitrogen and oxygen atoms in total. The zero-order valence-corrected chi connectivity index (χ0v) is 10.7. The lowest BCUT2D eigenvalue weighted by molar-refractivity contribution is 0.575. The molecular weight excluding hydrogens is 206 g/mol. The summed E-state index contributed by atoms with van der Waals surface area (Å²) in [5, 5.41) is 2.43. The molecule has 1 aliphatic carbocycles. The van der Waals surface area contributed by atoms with Crippen LogP contribution in [0, 0.1) is 11.3 Å². The van der Waals surface area contributed by atoms with Gasteiger partial charge in [0.15, 0.2) is 0 Å². The SMILES string of the molecule is CC1C(c2ccc3ccccc3c2N)C1(C)C. The molecule has 3 rings (SSSR count). The number of hydrogen-bond donors (Lipinski definition) is 1. The summed E-state index contributed by atoms with van der Waals surface area (Å²) in [6.07, 6.45) is 0. The van der Waals surface area contributed by atoms with Crippen LogP contribution in [0.5, 0.6) is 0 Å². The van der Waals surface area contributed by atoms with E-state index < -0.39 is 0 Å². The molecule has 1 aliphatic rings. The van der Waals surface area contributed by atoms with Crippen molar-refractivity contribution < 1.29 is 0 Å². The van der Waals surface area contributed by atoms with Crippen molar-refractivity contribution >= 4 is 16.5 Å². The molecular formula is C16H19N. The van der Waals surface area contributed by atoms with Crippen molar-refractivity contribution in [2.75, 3.05) is 5.73 Å². The molecule has 2 N–H and O–H groups in total. The molecule has 0 aromatic heterocycles. The largest absolute Gasteiger partial charge is 0.398 e. The van der Waals surface area contributed by atoms with Gasteiger partial charge in [0.25, 0.3) is 0 Å². The Morgan fingerprint density at radius 1 is 1.06 bits per heavy atom. The van der Waals surface area contributed by atoms with Crippen LogP contribution in [0.4, 0.5) is 5.69 Å². The number of rotatable bonds is 1. The van der Waals surface area contributed by atoms with Gasteiger partial charge >= 0.3 is 0 Å². The summed E-state index contributed by atoms with van der Waals surface area (Å²) in [7, 11) is 0. The second-order valence-corrected chi connectivity index (χ2v) is 5.88. The smallest absolute Gasteiger partial charge is 0.0429 e. The van der Waals surface area contributed by atoms with Crippen molar-refractivity contribution in [2.24, 2.45) is 11.3 Å². The minimum absolute atomic E-state index is 0.399. The van der Waals surface area contributed by atoms with Gasteiger partial charge in [0.1, 0.15) is 0 Å². The number of hydrogen-bond acceptors (Lipinski definition) is 1. The van der Waals surface area contributed by atoms with Crippen molar-refractivity contribution in [3.63, 3.8) is 0 Å². The van der Waals surface area contributed by atoms with Crippen molar-refractivity contribution in [3.8, 4) is 0 Å². The van der Waals surface area contributed by atoms with Crippen LogP contribution in [0.3, 0.4) is 0 Å². The first-order valence-corrected chi connectivity index (χ1v) is 6.30. The molecule has 0 spiro atoms. The van der Waals surface area contributed by atoms with Gasteiger partial charge in [0, 0.05) is 11.1 Å². The van der Waals surface area contributed by atoms with Crippen molar-refractivity contribution in [1.29, 1.82) is 0 Å². The van der Waals surface area contributed by atoms with Gasteiger partial charge in [-0.05, 0) is 28.2 Å². The molecule has 2 aromatic carbocycles.